The van der Waals surface area contributed by atoms with Gasteiger partial charge in [0.05, 0.1) is 4.92 Å². The number of allylic oxidation sites excluding steroid dienone is 1. The second-order valence-corrected chi connectivity index (χ2v) is 3.20. The molecular formula is C12H14N2O2. The van der Waals surface area contributed by atoms with Crippen LogP contribution in [0.5, 0.6) is 0 Å². The van der Waals surface area contributed by atoms with E-state index < -0.39 is 4.92 Å². The molecule has 16 heavy (non-hydrogen) atoms. The van der Waals surface area contributed by atoms with E-state index in [1.165, 1.54) is 6.07 Å². The quantitative estimate of drug-likeness (QED) is 0.469. The van der Waals surface area contributed by atoms with Gasteiger partial charge in [0.1, 0.15) is 5.69 Å². The lowest BCUT2D eigenvalue weighted by atomic mass is 10.2. The van der Waals surface area contributed by atoms with Gasteiger partial charge < -0.3 is 5.32 Å². The number of nitro groups is 1. The monoisotopic (exact) mass is 218 g/mol. The third kappa shape index (κ3) is 2.95. The van der Waals surface area contributed by atoms with Gasteiger partial charge in [0.2, 0.25) is 0 Å². The molecule has 0 fully saturated rings. The Bertz CT molecular complexity index is 425. The predicted molar refractivity (Wildman–Crippen MR) is 65.5 cm³/mol. The first kappa shape index (κ1) is 12.0. The Balaban J connectivity index is 2.81. The fraction of sp³-hybridized carbons (Fsp3) is 0.167. The van der Waals surface area contributed by atoms with E-state index in [4.69, 9.17) is 0 Å². The van der Waals surface area contributed by atoms with Crippen LogP contribution in [0.3, 0.4) is 0 Å². The van der Waals surface area contributed by atoms with Crippen LogP contribution < -0.4 is 5.32 Å². The molecule has 0 unspecified atom stereocenters. The first-order valence-electron chi connectivity index (χ1n) is 4.94. The number of para-hydroxylation sites is 2. The number of benzene rings is 1. The second kappa shape index (κ2) is 5.70. The summed E-state index contributed by atoms with van der Waals surface area (Å²) in [5, 5.41) is 13.8. The molecule has 4 nitrogen and oxygen atoms in total. The molecule has 0 amide bonds. The first-order valence-corrected chi connectivity index (χ1v) is 4.94. The summed E-state index contributed by atoms with van der Waals surface area (Å²) in [7, 11) is 0. The predicted octanol–water partition coefficient (Wildman–Crippen LogP) is 3.14. The molecule has 0 aliphatic carbocycles. The summed E-state index contributed by atoms with van der Waals surface area (Å²) in [6.07, 6.45) is 3.64. The molecule has 4 heteroatoms. The summed E-state index contributed by atoms with van der Waals surface area (Å²) >= 11 is 0. The molecule has 0 bridgehead atoms. The molecule has 0 atom stereocenters. The Morgan fingerprint density at radius 2 is 2.25 bits per heavy atom. The van der Waals surface area contributed by atoms with E-state index in [0.717, 1.165) is 5.57 Å². The van der Waals surface area contributed by atoms with E-state index in [1.807, 2.05) is 13.0 Å². The van der Waals surface area contributed by atoms with Crippen LogP contribution in [0.2, 0.25) is 0 Å². The molecule has 0 aliphatic rings. The summed E-state index contributed by atoms with van der Waals surface area (Å²) in [4.78, 5) is 10.3. The lowest BCUT2D eigenvalue weighted by Gasteiger charge is -2.06. The van der Waals surface area contributed by atoms with Crippen LogP contribution in [0.15, 0.2) is 48.6 Å². The van der Waals surface area contributed by atoms with Crippen molar-refractivity contribution < 1.29 is 4.92 Å². The highest BCUT2D eigenvalue weighted by atomic mass is 16.6. The lowest BCUT2D eigenvalue weighted by Crippen LogP contribution is -2.05. The molecule has 0 aliphatic heterocycles. The van der Waals surface area contributed by atoms with Crippen molar-refractivity contribution in [1.82, 2.24) is 0 Å². The molecule has 1 rings (SSSR count). The molecule has 1 aromatic carbocycles. The van der Waals surface area contributed by atoms with Gasteiger partial charge in [0.15, 0.2) is 0 Å². The zero-order valence-electron chi connectivity index (χ0n) is 9.14. The molecule has 0 heterocycles. The smallest absolute Gasteiger partial charge is 0.292 e. The number of nitrogens with one attached hydrogen (secondary N) is 1. The molecule has 0 spiro atoms. The van der Waals surface area contributed by atoms with Crippen molar-refractivity contribution in [3.63, 3.8) is 0 Å². The van der Waals surface area contributed by atoms with Gasteiger partial charge in [-0.15, -0.1) is 0 Å². The number of hydrogen-bond donors (Lipinski definition) is 1. The summed E-state index contributed by atoms with van der Waals surface area (Å²) < 4.78 is 0. The Morgan fingerprint density at radius 3 is 2.81 bits per heavy atom. The van der Waals surface area contributed by atoms with Gasteiger partial charge in [0.25, 0.3) is 5.69 Å². The summed E-state index contributed by atoms with van der Waals surface area (Å²) in [5.41, 5.74) is 1.61. The van der Waals surface area contributed by atoms with Crippen molar-refractivity contribution in [3.8, 4) is 0 Å². The van der Waals surface area contributed by atoms with Gasteiger partial charge in [-0.3, -0.25) is 10.1 Å². The van der Waals surface area contributed by atoms with Crippen LogP contribution in [0.25, 0.3) is 0 Å². The van der Waals surface area contributed by atoms with Gasteiger partial charge >= 0.3 is 0 Å². The molecule has 1 N–H and O–H groups in total. The van der Waals surface area contributed by atoms with Crippen LogP contribution in [-0.2, 0) is 0 Å². The molecule has 84 valence electrons. The summed E-state index contributed by atoms with van der Waals surface area (Å²) in [5.74, 6) is 0. The third-order valence-corrected chi connectivity index (χ3v) is 2.22. The third-order valence-electron chi connectivity index (χ3n) is 2.22. The minimum atomic E-state index is -0.397. The highest BCUT2D eigenvalue weighted by Gasteiger charge is 2.11. The normalized spacial score (nSPS) is 10.9. The number of rotatable bonds is 5. The Morgan fingerprint density at radius 1 is 1.56 bits per heavy atom. The van der Waals surface area contributed by atoms with Crippen molar-refractivity contribution in [2.24, 2.45) is 0 Å². The van der Waals surface area contributed by atoms with Crippen molar-refractivity contribution in [2.75, 3.05) is 11.9 Å². The van der Waals surface area contributed by atoms with Crippen molar-refractivity contribution in [1.29, 1.82) is 0 Å². The molecule has 1 aromatic rings. The molecule has 0 radical (unpaired) electrons. The maximum atomic E-state index is 10.7. The fourth-order valence-electron chi connectivity index (χ4n) is 1.27. The largest absolute Gasteiger partial charge is 0.375 e. The van der Waals surface area contributed by atoms with E-state index in [9.17, 15) is 10.1 Å². The highest BCUT2D eigenvalue weighted by Crippen LogP contribution is 2.23. The maximum absolute atomic E-state index is 10.7. The average Bonchev–Trinajstić information content (AvgIpc) is 2.30. The Kier molecular flexibility index (Phi) is 4.27. The van der Waals surface area contributed by atoms with E-state index in [-0.39, 0.29) is 5.69 Å². The first-order chi connectivity index (χ1) is 7.69. The number of anilines is 1. The summed E-state index contributed by atoms with van der Waals surface area (Å²) in [6, 6.07) is 6.58. The van der Waals surface area contributed by atoms with Crippen LogP contribution >= 0.6 is 0 Å². The standard InChI is InChI=1S/C12H14N2O2/c1-3-10(4-2)9-13-11-7-5-6-8-12(11)14(15)16/h3-8,13H,1,9H2,2H3/b10-4+. The van der Waals surface area contributed by atoms with Gasteiger partial charge in [-0.2, -0.15) is 0 Å². The molecular weight excluding hydrogens is 204 g/mol. The zero-order valence-corrected chi connectivity index (χ0v) is 9.14. The van der Waals surface area contributed by atoms with Crippen molar-refractivity contribution in [3.05, 3.63) is 58.7 Å². The minimum absolute atomic E-state index is 0.0852. The fourth-order valence-corrected chi connectivity index (χ4v) is 1.27. The Hall–Kier alpha value is -2.10. The lowest BCUT2D eigenvalue weighted by molar-refractivity contribution is -0.383. The van der Waals surface area contributed by atoms with E-state index in [0.29, 0.717) is 12.2 Å². The highest BCUT2D eigenvalue weighted by molar-refractivity contribution is 5.61. The minimum Gasteiger partial charge on any atom is -0.375 e. The van der Waals surface area contributed by atoms with E-state index in [2.05, 4.69) is 11.9 Å². The van der Waals surface area contributed by atoms with Crippen LogP contribution in [-0.4, -0.2) is 11.5 Å². The van der Waals surface area contributed by atoms with Gasteiger partial charge in [-0.05, 0) is 18.6 Å². The number of nitro benzene ring substituents is 1. The molecule has 0 saturated heterocycles. The van der Waals surface area contributed by atoms with Gasteiger partial charge in [-0.1, -0.05) is 30.9 Å². The van der Waals surface area contributed by atoms with E-state index in [1.54, 1.807) is 24.3 Å². The average molecular weight is 218 g/mol. The van der Waals surface area contributed by atoms with Crippen LogP contribution in [0, 0.1) is 10.1 Å². The van der Waals surface area contributed by atoms with Crippen molar-refractivity contribution in [2.45, 2.75) is 6.92 Å². The molecule has 0 saturated carbocycles. The zero-order chi connectivity index (χ0) is 12.0. The number of hydrogen-bond acceptors (Lipinski definition) is 3. The summed E-state index contributed by atoms with van der Waals surface area (Å²) in [6.45, 7) is 6.09. The molecule has 0 aromatic heterocycles. The van der Waals surface area contributed by atoms with Crippen LogP contribution in [0.4, 0.5) is 11.4 Å². The van der Waals surface area contributed by atoms with E-state index >= 15 is 0 Å². The maximum Gasteiger partial charge on any atom is 0.292 e. The Labute approximate surface area is 94.4 Å². The van der Waals surface area contributed by atoms with Gasteiger partial charge in [0, 0.05) is 12.6 Å². The van der Waals surface area contributed by atoms with Gasteiger partial charge in [-0.25, -0.2) is 0 Å². The number of nitrogens with zero attached hydrogens (tertiary/aromatic N) is 1. The van der Waals surface area contributed by atoms with Crippen molar-refractivity contribution >= 4 is 11.4 Å². The van der Waals surface area contributed by atoms with Crippen LogP contribution in [0.1, 0.15) is 6.92 Å². The topological polar surface area (TPSA) is 55.2 Å². The SMILES string of the molecule is C=C/C(=C\C)CNc1ccccc1[N+](=O)[O-]. The second-order valence-electron chi connectivity index (χ2n) is 3.20.